The lowest BCUT2D eigenvalue weighted by atomic mass is 10.1. The summed E-state index contributed by atoms with van der Waals surface area (Å²) in [6.45, 7) is -1.23. The molecule has 1 heterocycles. The molecule has 0 aliphatic carbocycles. The van der Waals surface area contributed by atoms with Gasteiger partial charge in [0.2, 0.25) is 0 Å². The van der Waals surface area contributed by atoms with Gasteiger partial charge in [-0.25, -0.2) is 14.4 Å². The number of ether oxygens (including phenoxy) is 2. The smallest absolute Gasteiger partial charge is 0.344 e. The fourth-order valence-corrected chi connectivity index (χ4v) is 2.43. The largest absolute Gasteiger partial charge is 0.482 e. The molecule has 0 bridgehead atoms. The zero-order valence-electron chi connectivity index (χ0n) is 12.7. The van der Waals surface area contributed by atoms with Gasteiger partial charge in [-0.15, -0.1) is 0 Å². The summed E-state index contributed by atoms with van der Waals surface area (Å²) in [4.78, 5) is 33.6. The maximum Gasteiger partial charge on any atom is 0.344 e. The van der Waals surface area contributed by atoms with Gasteiger partial charge in [-0.3, -0.25) is 0 Å². The predicted molar refractivity (Wildman–Crippen MR) is 86.3 cm³/mol. The van der Waals surface area contributed by atoms with E-state index in [2.05, 4.69) is 0 Å². The minimum atomic E-state index is -1.19. The van der Waals surface area contributed by atoms with Crippen molar-refractivity contribution >= 4 is 33.7 Å². The second kappa shape index (κ2) is 6.52. The summed E-state index contributed by atoms with van der Waals surface area (Å²) in [7, 11) is 0. The second-order valence-electron chi connectivity index (χ2n) is 5.09. The number of carbonyl (C=O) groups is 2. The zero-order chi connectivity index (χ0) is 18.0. The van der Waals surface area contributed by atoms with Gasteiger partial charge >= 0.3 is 17.6 Å². The SMILES string of the molecule is O=C(O)COc1cc(OCC(=O)O)c2c(c1)oc(=O)c1ccccc12. The summed E-state index contributed by atoms with van der Waals surface area (Å²) >= 11 is 0. The Bertz CT molecular complexity index is 1030. The van der Waals surface area contributed by atoms with Gasteiger partial charge in [0.25, 0.3) is 0 Å². The molecule has 0 spiro atoms. The standard InChI is InChI=1S/C17H12O8/c18-14(19)7-23-9-5-12(24-8-15(20)21)16-10-3-1-2-4-11(10)17(22)25-13(16)6-9/h1-6H,7-8H2,(H,18,19)(H,20,21). The van der Waals surface area contributed by atoms with E-state index in [4.69, 9.17) is 24.1 Å². The Morgan fingerprint density at radius 3 is 2.28 bits per heavy atom. The van der Waals surface area contributed by atoms with Crippen molar-refractivity contribution in [3.8, 4) is 11.5 Å². The summed E-state index contributed by atoms with van der Waals surface area (Å²) in [6.07, 6.45) is 0. The fourth-order valence-electron chi connectivity index (χ4n) is 2.43. The van der Waals surface area contributed by atoms with Gasteiger partial charge in [0.05, 0.1) is 10.8 Å². The van der Waals surface area contributed by atoms with E-state index in [0.29, 0.717) is 16.2 Å². The Hall–Kier alpha value is -3.55. The van der Waals surface area contributed by atoms with Crippen molar-refractivity contribution in [1.82, 2.24) is 0 Å². The van der Waals surface area contributed by atoms with Crippen LogP contribution in [0.3, 0.4) is 0 Å². The van der Waals surface area contributed by atoms with Crippen LogP contribution in [0, 0.1) is 0 Å². The number of fused-ring (bicyclic) bond motifs is 3. The highest BCUT2D eigenvalue weighted by molar-refractivity contribution is 6.08. The molecule has 0 amide bonds. The quantitative estimate of drug-likeness (QED) is 0.513. The Morgan fingerprint density at radius 2 is 1.60 bits per heavy atom. The van der Waals surface area contributed by atoms with Crippen molar-refractivity contribution in [2.24, 2.45) is 0 Å². The van der Waals surface area contributed by atoms with Crippen LogP contribution >= 0.6 is 0 Å². The lowest BCUT2D eigenvalue weighted by Crippen LogP contribution is -2.12. The third-order valence-corrected chi connectivity index (χ3v) is 3.37. The van der Waals surface area contributed by atoms with E-state index in [1.807, 2.05) is 0 Å². The first kappa shape index (κ1) is 16.3. The monoisotopic (exact) mass is 344 g/mol. The molecule has 0 saturated carbocycles. The van der Waals surface area contributed by atoms with E-state index in [0.717, 1.165) is 0 Å². The van der Waals surface area contributed by atoms with Gasteiger partial charge in [0.1, 0.15) is 17.1 Å². The Morgan fingerprint density at radius 1 is 0.960 bits per heavy atom. The molecule has 3 rings (SSSR count). The maximum atomic E-state index is 12.1. The van der Waals surface area contributed by atoms with Crippen LogP contribution in [0.5, 0.6) is 11.5 Å². The molecule has 128 valence electrons. The molecule has 0 saturated heterocycles. The van der Waals surface area contributed by atoms with Gasteiger partial charge in [-0.1, -0.05) is 18.2 Å². The molecule has 0 radical (unpaired) electrons. The number of aliphatic carboxylic acids is 2. The van der Waals surface area contributed by atoms with E-state index < -0.39 is 30.8 Å². The Balaban J connectivity index is 2.24. The number of rotatable bonds is 6. The summed E-state index contributed by atoms with van der Waals surface area (Å²) in [5, 5.41) is 18.8. The number of hydrogen-bond donors (Lipinski definition) is 2. The number of carboxylic acid groups (broad SMARTS) is 2. The third-order valence-electron chi connectivity index (χ3n) is 3.37. The van der Waals surface area contributed by atoms with Gasteiger partial charge in [0, 0.05) is 17.5 Å². The molecule has 0 atom stereocenters. The van der Waals surface area contributed by atoms with Crippen LogP contribution in [0.4, 0.5) is 0 Å². The first-order valence-corrected chi connectivity index (χ1v) is 7.14. The third kappa shape index (κ3) is 3.37. The maximum absolute atomic E-state index is 12.1. The highest BCUT2D eigenvalue weighted by Gasteiger charge is 2.15. The average Bonchev–Trinajstić information content (AvgIpc) is 2.57. The molecule has 8 heteroatoms. The first-order chi connectivity index (χ1) is 12.0. The fraction of sp³-hybridized carbons (Fsp3) is 0.118. The van der Waals surface area contributed by atoms with Crippen molar-refractivity contribution in [2.45, 2.75) is 0 Å². The molecular formula is C17H12O8. The lowest BCUT2D eigenvalue weighted by molar-refractivity contribution is -0.140. The second-order valence-corrected chi connectivity index (χ2v) is 5.09. The molecule has 0 fully saturated rings. The van der Waals surface area contributed by atoms with E-state index >= 15 is 0 Å². The molecule has 2 N–H and O–H groups in total. The van der Waals surface area contributed by atoms with Crippen LogP contribution in [-0.2, 0) is 9.59 Å². The Labute approximate surface area is 139 Å². The van der Waals surface area contributed by atoms with Crippen LogP contribution in [0.1, 0.15) is 0 Å². The van der Waals surface area contributed by atoms with Crippen molar-refractivity contribution < 1.29 is 33.7 Å². The van der Waals surface area contributed by atoms with Crippen molar-refractivity contribution in [3.05, 3.63) is 46.8 Å². The van der Waals surface area contributed by atoms with Crippen molar-refractivity contribution in [2.75, 3.05) is 13.2 Å². The van der Waals surface area contributed by atoms with Crippen LogP contribution in [0.15, 0.2) is 45.6 Å². The topological polar surface area (TPSA) is 123 Å². The predicted octanol–water partition coefficient (Wildman–Crippen LogP) is 1.87. The van der Waals surface area contributed by atoms with Gasteiger partial charge in [0.15, 0.2) is 13.2 Å². The van der Waals surface area contributed by atoms with Crippen LogP contribution in [-0.4, -0.2) is 35.4 Å². The van der Waals surface area contributed by atoms with Crippen LogP contribution < -0.4 is 15.1 Å². The molecule has 0 aliphatic rings. The molecule has 3 aromatic rings. The number of hydrogen-bond acceptors (Lipinski definition) is 6. The van der Waals surface area contributed by atoms with Gasteiger partial charge < -0.3 is 24.1 Å². The molecule has 0 aliphatic heterocycles. The molecule has 0 unspecified atom stereocenters. The minimum Gasteiger partial charge on any atom is -0.482 e. The van der Waals surface area contributed by atoms with Gasteiger partial charge in [-0.05, 0) is 6.07 Å². The molecule has 8 nitrogen and oxygen atoms in total. The van der Waals surface area contributed by atoms with Gasteiger partial charge in [-0.2, -0.15) is 0 Å². The highest BCUT2D eigenvalue weighted by Crippen LogP contribution is 2.35. The molecule has 2 aromatic carbocycles. The summed E-state index contributed by atoms with van der Waals surface area (Å²) in [5.74, 6) is -2.19. The summed E-state index contributed by atoms with van der Waals surface area (Å²) in [5.41, 5.74) is -0.477. The molecular weight excluding hydrogens is 332 g/mol. The number of carboxylic acids is 2. The van der Waals surface area contributed by atoms with Crippen molar-refractivity contribution in [3.63, 3.8) is 0 Å². The van der Waals surface area contributed by atoms with E-state index in [1.165, 1.54) is 12.1 Å². The van der Waals surface area contributed by atoms with Crippen LogP contribution in [0.2, 0.25) is 0 Å². The van der Waals surface area contributed by atoms with Crippen molar-refractivity contribution in [1.29, 1.82) is 0 Å². The highest BCUT2D eigenvalue weighted by atomic mass is 16.5. The summed E-state index contributed by atoms with van der Waals surface area (Å²) in [6, 6.07) is 9.38. The normalized spacial score (nSPS) is 10.7. The van der Waals surface area contributed by atoms with E-state index in [-0.39, 0.29) is 17.1 Å². The minimum absolute atomic E-state index is 0.0775. The summed E-state index contributed by atoms with van der Waals surface area (Å²) < 4.78 is 15.6. The molecule has 25 heavy (non-hydrogen) atoms. The van der Waals surface area contributed by atoms with E-state index in [9.17, 15) is 14.4 Å². The Kier molecular flexibility index (Phi) is 4.25. The average molecular weight is 344 g/mol. The lowest BCUT2D eigenvalue weighted by Gasteiger charge is -2.12. The van der Waals surface area contributed by atoms with Crippen LogP contribution in [0.25, 0.3) is 21.7 Å². The molecule has 1 aromatic heterocycles. The first-order valence-electron chi connectivity index (χ1n) is 7.14. The zero-order valence-corrected chi connectivity index (χ0v) is 12.7. The van der Waals surface area contributed by atoms with E-state index in [1.54, 1.807) is 24.3 Å². The number of benzene rings is 2.